The fraction of sp³-hybridized carbons (Fsp3) is 0.421. The molecular formula is C19H28N6O. The first-order valence-electron chi connectivity index (χ1n) is 9.02. The Labute approximate surface area is 154 Å². The third-order valence-corrected chi connectivity index (χ3v) is 3.65. The van der Waals surface area contributed by atoms with Gasteiger partial charge in [-0.15, -0.1) is 0 Å². The molecule has 0 amide bonds. The minimum Gasteiger partial charge on any atom is -0.395 e. The molecule has 0 aliphatic rings. The minimum atomic E-state index is 0.0194. The number of aromatic nitrogens is 4. The van der Waals surface area contributed by atoms with E-state index in [0.29, 0.717) is 18.3 Å². The van der Waals surface area contributed by atoms with Crippen LogP contribution in [0.5, 0.6) is 0 Å². The topological polar surface area (TPSA) is 87.9 Å². The number of hydrogen-bond acceptors (Lipinski definition) is 6. The number of fused-ring (bicyclic) bond motifs is 1. The number of hydrogen-bond donors (Lipinski definition) is 3. The van der Waals surface area contributed by atoms with E-state index < -0.39 is 0 Å². The summed E-state index contributed by atoms with van der Waals surface area (Å²) < 4.78 is 1.86. The molecule has 0 saturated carbocycles. The molecule has 140 valence electrons. The van der Waals surface area contributed by atoms with Gasteiger partial charge in [-0.05, 0) is 32.9 Å². The SMILES string of the molecule is CC.Cc1ccc(Nc2nc(NCCO)nc3c2cnn3C(C)C)cc1. The fourth-order valence-electron chi connectivity index (χ4n) is 2.42. The zero-order chi connectivity index (χ0) is 19.1. The summed E-state index contributed by atoms with van der Waals surface area (Å²) in [5.41, 5.74) is 2.91. The van der Waals surface area contributed by atoms with Crippen molar-refractivity contribution in [1.29, 1.82) is 0 Å². The second kappa shape index (κ2) is 9.15. The van der Waals surface area contributed by atoms with Crippen LogP contribution in [0.15, 0.2) is 30.5 Å². The third-order valence-electron chi connectivity index (χ3n) is 3.65. The van der Waals surface area contributed by atoms with Gasteiger partial charge in [-0.1, -0.05) is 31.5 Å². The highest BCUT2D eigenvalue weighted by Gasteiger charge is 2.14. The summed E-state index contributed by atoms with van der Waals surface area (Å²) in [6, 6.07) is 8.30. The molecule has 2 aromatic heterocycles. The highest BCUT2D eigenvalue weighted by atomic mass is 16.3. The fourth-order valence-corrected chi connectivity index (χ4v) is 2.42. The van der Waals surface area contributed by atoms with Crippen molar-refractivity contribution in [2.24, 2.45) is 0 Å². The number of anilines is 3. The summed E-state index contributed by atoms with van der Waals surface area (Å²) in [5.74, 6) is 1.16. The van der Waals surface area contributed by atoms with E-state index in [4.69, 9.17) is 5.11 Å². The van der Waals surface area contributed by atoms with E-state index in [1.807, 2.05) is 42.8 Å². The highest BCUT2D eigenvalue weighted by Crippen LogP contribution is 2.26. The Hall–Kier alpha value is -2.67. The van der Waals surface area contributed by atoms with Gasteiger partial charge in [-0.25, -0.2) is 4.68 Å². The van der Waals surface area contributed by atoms with E-state index in [1.165, 1.54) is 5.56 Å². The lowest BCUT2D eigenvalue weighted by Crippen LogP contribution is -2.11. The van der Waals surface area contributed by atoms with Gasteiger partial charge < -0.3 is 15.7 Å². The lowest BCUT2D eigenvalue weighted by Gasteiger charge is -2.12. The van der Waals surface area contributed by atoms with Crippen LogP contribution in [-0.4, -0.2) is 38.0 Å². The first-order chi connectivity index (χ1) is 12.6. The van der Waals surface area contributed by atoms with Crippen LogP contribution < -0.4 is 10.6 Å². The first kappa shape index (κ1) is 19.7. The van der Waals surface area contributed by atoms with Gasteiger partial charge in [-0.3, -0.25) is 0 Å². The molecule has 7 heteroatoms. The summed E-state index contributed by atoms with van der Waals surface area (Å²) in [4.78, 5) is 9.07. The lowest BCUT2D eigenvalue weighted by molar-refractivity contribution is 0.311. The Morgan fingerprint density at radius 1 is 1.12 bits per heavy atom. The summed E-state index contributed by atoms with van der Waals surface area (Å²) in [5, 5.41) is 20.7. The number of aliphatic hydroxyl groups excluding tert-OH is 1. The maximum atomic E-state index is 9.02. The predicted octanol–water partition coefficient (Wildman–Crippen LogP) is 3.89. The van der Waals surface area contributed by atoms with Gasteiger partial charge in [-0.2, -0.15) is 15.1 Å². The molecule has 0 aliphatic carbocycles. The molecule has 3 aromatic rings. The number of rotatable bonds is 6. The molecule has 7 nitrogen and oxygen atoms in total. The Kier molecular flexibility index (Phi) is 6.91. The molecule has 0 atom stereocenters. The van der Waals surface area contributed by atoms with Crippen molar-refractivity contribution >= 4 is 28.5 Å². The number of aliphatic hydroxyl groups is 1. The van der Waals surface area contributed by atoms with Crippen LogP contribution in [0.25, 0.3) is 11.0 Å². The summed E-state index contributed by atoms with van der Waals surface area (Å²) in [6.07, 6.45) is 1.78. The van der Waals surface area contributed by atoms with Crippen molar-refractivity contribution < 1.29 is 5.11 Å². The van der Waals surface area contributed by atoms with E-state index in [-0.39, 0.29) is 12.6 Å². The smallest absolute Gasteiger partial charge is 0.226 e. The summed E-state index contributed by atoms with van der Waals surface area (Å²) in [7, 11) is 0. The maximum Gasteiger partial charge on any atom is 0.226 e. The van der Waals surface area contributed by atoms with Gasteiger partial charge in [0.15, 0.2) is 5.65 Å². The Balaban J connectivity index is 0.00000117. The van der Waals surface area contributed by atoms with Crippen LogP contribution in [0, 0.1) is 6.92 Å². The summed E-state index contributed by atoms with van der Waals surface area (Å²) in [6.45, 7) is 10.6. The number of nitrogens with zero attached hydrogens (tertiary/aromatic N) is 4. The zero-order valence-corrected chi connectivity index (χ0v) is 16.1. The molecule has 0 fully saturated rings. The first-order valence-corrected chi connectivity index (χ1v) is 9.02. The molecule has 3 N–H and O–H groups in total. The molecule has 1 aromatic carbocycles. The minimum absolute atomic E-state index is 0.0194. The van der Waals surface area contributed by atoms with Crippen molar-refractivity contribution in [1.82, 2.24) is 19.7 Å². The van der Waals surface area contributed by atoms with Gasteiger partial charge in [0.25, 0.3) is 0 Å². The summed E-state index contributed by atoms with van der Waals surface area (Å²) >= 11 is 0. The van der Waals surface area contributed by atoms with Crippen LogP contribution in [0.1, 0.15) is 39.3 Å². The molecule has 3 rings (SSSR count). The normalized spacial score (nSPS) is 10.6. The zero-order valence-electron chi connectivity index (χ0n) is 16.1. The predicted molar refractivity (Wildman–Crippen MR) is 107 cm³/mol. The molecule has 26 heavy (non-hydrogen) atoms. The van der Waals surface area contributed by atoms with E-state index in [9.17, 15) is 0 Å². The lowest BCUT2D eigenvalue weighted by atomic mass is 10.2. The number of benzene rings is 1. The van der Waals surface area contributed by atoms with Crippen LogP contribution in [-0.2, 0) is 0 Å². The Bertz CT molecular complexity index is 826. The van der Waals surface area contributed by atoms with Crippen molar-refractivity contribution in [2.75, 3.05) is 23.8 Å². The van der Waals surface area contributed by atoms with Crippen LogP contribution >= 0.6 is 0 Å². The van der Waals surface area contributed by atoms with Gasteiger partial charge in [0.1, 0.15) is 5.82 Å². The Morgan fingerprint density at radius 3 is 2.42 bits per heavy atom. The molecule has 0 bridgehead atoms. The monoisotopic (exact) mass is 356 g/mol. The van der Waals surface area contributed by atoms with Crippen LogP contribution in [0.2, 0.25) is 0 Å². The van der Waals surface area contributed by atoms with Crippen LogP contribution in [0.4, 0.5) is 17.5 Å². The van der Waals surface area contributed by atoms with Gasteiger partial charge >= 0.3 is 0 Å². The molecule has 0 saturated heterocycles. The highest BCUT2D eigenvalue weighted by molar-refractivity contribution is 5.89. The second-order valence-corrected chi connectivity index (χ2v) is 5.96. The van der Waals surface area contributed by atoms with E-state index in [2.05, 4.69) is 46.5 Å². The van der Waals surface area contributed by atoms with Gasteiger partial charge in [0.2, 0.25) is 5.95 Å². The van der Waals surface area contributed by atoms with Crippen molar-refractivity contribution in [2.45, 2.75) is 40.7 Å². The molecule has 2 heterocycles. The molecule has 0 radical (unpaired) electrons. The molecule has 0 unspecified atom stereocenters. The van der Waals surface area contributed by atoms with Crippen molar-refractivity contribution in [3.63, 3.8) is 0 Å². The third kappa shape index (κ3) is 4.49. The number of nitrogens with one attached hydrogen (secondary N) is 2. The van der Waals surface area contributed by atoms with Gasteiger partial charge in [0.05, 0.1) is 18.2 Å². The Morgan fingerprint density at radius 2 is 1.81 bits per heavy atom. The molecule has 0 aliphatic heterocycles. The average Bonchev–Trinajstić information content (AvgIpc) is 3.08. The quantitative estimate of drug-likeness (QED) is 0.621. The average molecular weight is 356 g/mol. The van der Waals surface area contributed by atoms with Gasteiger partial charge in [0, 0.05) is 18.3 Å². The standard InChI is InChI=1S/C17H22N6O.C2H6/c1-11(2)23-16-14(10-19-23)15(21-17(22-16)18-8-9-24)20-13-6-4-12(3)5-7-13;1-2/h4-7,10-11,24H,8-9H2,1-3H3,(H2,18,20,21,22);1-2H3. The largest absolute Gasteiger partial charge is 0.395 e. The van der Waals surface area contributed by atoms with Crippen molar-refractivity contribution in [3.05, 3.63) is 36.0 Å². The molecular weight excluding hydrogens is 328 g/mol. The van der Waals surface area contributed by atoms with E-state index in [1.54, 1.807) is 6.20 Å². The maximum absolute atomic E-state index is 9.02. The second-order valence-electron chi connectivity index (χ2n) is 5.96. The van der Waals surface area contributed by atoms with Crippen molar-refractivity contribution in [3.8, 4) is 0 Å². The molecule has 0 spiro atoms. The van der Waals surface area contributed by atoms with Crippen LogP contribution in [0.3, 0.4) is 0 Å². The number of aryl methyl sites for hydroxylation is 1. The van der Waals surface area contributed by atoms with E-state index >= 15 is 0 Å². The van der Waals surface area contributed by atoms with E-state index in [0.717, 1.165) is 16.7 Å².